The number of hydrazone groups is 1. The number of halogens is 5. The number of alkyl halides is 3. The lowest BCUT2D eigenvalue weighted by atomic mass is 10.2. The molecule has 2 aromatic heterocycles. The van der Waals surface area contributed by atoms with Gasteiger partial charge < -0.3 is 20.9 Å². The average Bonchev–Trinajstić information content (AvgIpc) is 3.08. The van der Waals surface area contributed by atoms with Crippen molar-refractivity contribution < 1.29 is 31.5 Å². The Morgan fingerprint density at radius 2 is 2.00 bits per heavy atom. The Morgan fingerprint density at radius 1 is 1.28 bits per heavy atom. The summed E-state index contributed by atoms with van der Waals surface area (Å²) in [5, 5.41) is 6.00. The van der Waals surface area contributed by atoms with Crippen molar-refractivity contribution in [1.29, 1.82) is 0 Å². The molecule has 1 amide bonds. The first-order chi connectivity index (χ1) is 15.1. The quantitative estimate of drug-likeness (QED) is 0.228. The molecule has 0 radical (unpaired) electrons. The number of nitrogens with one attached hydrogen (secondary N) is 2. The van der Waals surface area contributed by atoms with Gasteiger partial charge in [-0.15, -0.1) is 0 Å². The Morgan fingerprint density at radius 3 is 2.66 bits per heavy atom. The van der Waals surface area contributed by atoms with E-state index < -0.39 is 30.3 Å². The standard InChI is InChI=1S/C19H15F5N6O2/c1-9-2-10(5-28-18(9)32-8-19(22,23)24)26-7-16(30-25)17(31)29-15-6-27-14-4-13(21)12(20)3-11(14)15/h2-7,27H,8,25H2,1H3,(H,29,31). The highest BCUT2D eigenvalue weighted by atomic mass is 19.4. The number of hydrogen-bond acceptors (Lipinski definition) is 6. The third-order valence-electron chi connectivity index (χ3n) is 4.07. The zero-order valence-electron chi connectivity index (χ0n) is 16.3. The molecule has 32 heavy (non-hydrogen) atoms. The molecular formula is C19H15F5N6O2. The Kier molecular flexibility index (Phi) is 6.37. The van der Waals surface area contributed by atoms with Crippen molar-refractivity contribution in [3.05, 3.63) is 47.8 Å². The Labute approximate surface area is 177 Å². The van der Waals surface area contributed by atoms with Gasteiger partial charge in [0.05, 0.1) is 29.3 Å². The number of hydrogen-bond donors (Lipinski definition) is 3. The van der Waals surface area contributed by atoms with E-state index in [1.54, 1.807) is 0 Å². The highest BCUT2D eigenvalue weighted by Gasteiger charge is 2.29. The van der Waals surface area contributed by atoms with Crippen LogP contribution in [-0.4, -0.2) is 40.6 Å². The van der Waals surface area contributed by atoms with Crippen LogP contribution < -0.4 is 15.9 Å². The average molecular weight is 454 g/mol. The second kappa shape index (κ2) is 8.99. The van der Waals surface area contributed by atoms with E-state index in [2.05, 4.69) is 30.1 Å². The topological polar surface area (TPSA) is 118 Å². The fourth-order valence-corrected chi connectivity index (χ4v) is 2.61. The van der Waals surface area contributed by atoms with Gasteiger partial charge in [0.2, 0.25) is 5.88 Å². The van der Waals surface area contributed by atoms with Crippen molar-refractivity contribution in [2.75, 3.05) is 11.9 Å². The molecule has 0 aliphatic heterocycles. The molecule has 2 heterocycles. The number of aliphatic imine (C=N–C) groups is 1. The van der Waals surface area contributed by atoms with Gasteiger partial charge in [0.1, 0.15) is 0 Å². The van der Waals surface area contributed by atoms with E-state index >= 15 is 0 Å². The molecule has 0 bridgehead atoms. The molecule has 0 spiro atoms. The number of H-pyrrole nitrogens is 1. The molecule has 0 saturated heterocycles. The van der Waals surface area contributed by atoms with Crippen LogP contribution in [0, 0.1) is 18.6 Å². The van der Waals surface area contributed by atoms with Crippen LogP contribution in [0.4, 0.5) is 33.3 Å². The molecule has 0 saturated carbocycles. The van der Waals surface area contributed by atoms with Crippen LogP contribution in [0.5, 0.6) is 5.88 Å². The number of benzene rings is 1. The normalized spacial score (nSPS) is 12.5. The second-order valence-electron chi connectivity index (χ2n) is 6.46. The molecule has 4 N–H and O–H groups in total. The van der Waals surface area contributed by atoms with Crippen molar-refractivity contribution >= 4 is 40.1 Å². The summed E-state index contributed by atoms with van der Waals surface area (Å²) in [5.41, 5.74) is 0.570. The molecule has 0 atom stereocenters. The third kappa shape index (κ3) is 5.36. The van der Waals surface area contributed by atoms with Crippen molar-refractivity contribution in [2.45, 2.75) is 13.1 Å². The smallest absolute Gasteiger partial charge is 0.422 e. The van der Waals surface area contributed by atoms with Crippen LogP contribution in [0.25, 0.3) is 10.9 Å². The Balaban J connectivity index is 1.72. The van der Waals surface area contributed by atoms with E-state index in [-0.39, 0.29) is 39.4 Å². The second-order valence-corrected chi connectivity index (χ2v) is 6.46. The lowest BCUT2D eigenvalue weighted by Crippen LogP contribution is -2.25. The molecule has 13 heteroatoms. The van der Waals surface area contributed by atoms with Gasteiger partial charge in [0.15, 0.2) is 24.0 Å². The van der Waals surface area contributed by atoms with Crippen molar-refractivity contribution in [1.82, 2.24) is 9.97 Å². The number of carbonyl (C=O) groups is 1. The predicted molar refractivity (Wildman–Crippen MR) is 107 cm³/mol. The first-order valence-corrected chi connectivity index (χ1v) is 8.83. The minimum atomic E-state index is -4.50. The van der Waals surface area contributed by atoms with E-state index in [1.807, 2.05) is 0 Å². The van der Waals surface area contributed by atoms with Crippen LogP contribution in [0.15, 0.2) is 40.7 Å². The maximum absolute atomic E-state index is 13.5. The molecular weight excluding hydrogens is 439 g/mol. The minimum Gasteiger partial charge on any atom is -0.468 e. The Hall–Kier alpha value is -4.03. The summed E-state index contributed by atoms with van der Waals surface area (Å²) >= 11 is 0. The molecule has 8 nitrogen and oxygen atoms in total. The monoisotopic (exact) mass is 454 g/mol. The van der Waals surface area contributed by atoms with Gasteiger partial charge in [0, 0.05) is 23.2 Å². The number of anilines is 1. The van der Waals surface area contributed by atoms with E-state index in [4.69, 9.17) is 5.84 Å². The third-order valence-corrected chi connectivity index (χ3v) is 4.07. The van der Waals surface area contributed by atoms with Crippen molar-refractivity contribution in [3.8, 4) is 5.88 Å². The molecule has 3 aromatic rings. The molecule has 1 aromatic carbocycles. The van der Waals surface area contributed by atoms with E-state index in [1.165, 1.54) is 19.2 Å². The lowest BCUT2D eigenvalue weighted by Gasteiger charge is -2.10. The predicted octanol–water partition coefficient (Wildman–Crippen LogP) is 3.75. The molecule has 168 valence electrons. The van der Waals surface area contributed by atoms with Crippen molar-refractivity contribution in [3.63, 3.8) is 0 Å². The largest absolute Gasteiger partial charge is 0.468 e. The summed E-state index contributed by atoms with van der Waals surface area (Å²) in [6.07, 6.45) is -1.02. The first kappa shape index (κ1) is 22.7. The van der Waals surface area contributed by atoms with Crippen molar-refractivity contribution in [2.24, 2.45) is 15.9 Å². The van der Waals surface area contributed by atoms with E-state index in [0.29, 0.717) is 0 Å². The Bertz CT molecular complexity index is 1220. The van der Waals surface area contributed by atoms with Gasteiger partial charge in [0.25, 0.3) is 5.91 Å². The minimum absolute atomic E-state index is 0.155. The number of fused-ring (bicyclic) bond motifs is 1. The zero-order chi connectivity index (χ0) is 23.5. The van der Waals surface area contributed by atoms with Gasteiger partial charge in [-0.2, -0.15) is 18.3 Å². The lowest BCUT2D eigenvalue weighted by molar-refractivity contribution is -0.154. The number of nitrogens with two attached hydrogens (primary N) is 1. The van der Waals surface area contributed by atoms with Crippen LogP contribution >= 0.6 is 0 Å². The van der Waals surface area contributed by atoms with Gasteiger partial charge in [-0.1, -0.05) is 0 Å². The highest BCUT2D eigenvalue weighted by Crippen LogP contribution is 2.26. The first-order valence-electron chi connectivity index (χ1n) is 8.83. The van der Waals surface area contributed by atoms with E-state index in [0.717, 1.165) is 24.5 Å². The van der Waals surface area contributed by atoms with E-state index in [9.17, 15) is 26.7 Å². The number of aromatic nitrogens is 2. The molecule has 3 rings (SSSR count). The maximum atomic E-state index is 13.5. The summed E-state index contributed by atoms with van der Waals surface area (Å²) in [7, 11) is 0. The van der Waals surface area contributed by atoms with Crippen LogP contribution in [0.2, 0.25) is 0 Å². The highest BCUT2D eigenvalue weighted by molar-refractivity contribution is 6.63. The van der Waals surface area contributed by atoms with Crippen LogP contribution in [0.1, 0.15) is 5.56 Å². The maximum Gasteiger partial charge on any atom is 0.422 e. The molecule has 0 fully saturated rings. The summed E-state index contributed by atoms with van der Waals surface area (Å²) in [6, 6.07) is 3.25. The summed E-state index contributed by atoms with van der Waals surface area (Å²) in [6.45, 7) is -0.0146. The SMILES string of the molecule is Cc1cc(N=CC(=NN)C(=O)Nc2c[nH]c3cc(F)c(F)cc23)cnc1OCC(F)(F)F. The van der Waals surface area contributed by atoms with Gasteiger partial charge in [-0.25, -0.2) is 13.8 Å². The summed E-state index contributed by atoms with van der Waals surface area (Å²) in [4.78, 5) is 22.8. The number of amides is 1. The number of nitrogens with zero attached hydrogens (tertiary/aromatic N) is 3. The van der Waals surface area contributed by atoms with Gasteiger partial charge >= 0.3 is 6.18 Å². The number of pyridine rings is 1. The molecule has 0 unspecified atom stereocenters. The van der Waals surface area contributed by atoms with Gasteiger partial charge in [-0.3, -0.25) is 9.79 Å². The van der Waals surface area contributed by atoms with Crippen LogP contribution in [0.3, 0.4) is 0 Å². The zero-order valence-corrected chi connectivity index (χ0v) is 16.3. The number of aryl methyl sites for hydroxylation is 1. The molecule has 0 aliphatic rings. The molecule has 0 aliphatic carbocycles. The number of carbonyl (C=O) groups excluding carboxylic acids is 1. The fourth-order valence-electron chi connectivity index (χ4n) is 2.61. The fraction of sp³-hybridized carbons (Fsp3) is 0.158. The van der Waals surface area contributed by atoms with Gasteiger partial charge in [-0.05, 0) is 19.1 Å². The van der Waals surface area contributed by atoms with Crippen LogP contribution in [-0.2, 0) is 4.79 Å². The number of rotatable bonds is 6. The number of ether oxygens (including phenoxy) is 1. The summed E-state index contributed by atoms with van der Waals surface area (Å²) in [5.74, 6) is 2.09. The number of aromatic amines is 1. The summed E-state index contributed by atoms with van der Waals surface area (Å²) < 4.78 is 68.2.